The largest absolute Gasteiger partial charge is 0.306 e. The third kappa shape index (κ3) is 3.06. The molecule has 1 fully saturated rings. The van der Waals surface area contributed by atoms with E-state index < -0.39 is 0 Å². The molecule has 0 bridgehead atoms. The Morgan fingerprint density at radius 3 is 2.67 bits per heavy atom. The molecule has 3 nitrogen and oxygen atoms in total. The topological polar surface area (TPSA) is 40.7 Å². The number of aromatic nitrogens is 2. The molecule has 0 aromatic carbocycles. The zero-order chi connectivity index (χ0) is 10.6. The van der Waals surface area contributed by atoms with Gasteiger partial charge >= 0.3 is 0 Å². The molecule has 0 amide bonds. The second-order valence-corrected chi connectivity index (χ2v) is 4.91. The van der Waals surface area contributed by atoms with Crippen LogP contribution in [0.25, 0.3) is 0 Å². The van der Waals surface area contributed by atoms with Gasteiger partial charge in [-0.25, -0.2) is 0 Å². The van der Waals surface area contributed by atoms with Crippen molar-refractivity contribution in [1.29, 1.82) is 0 Å². The molecule has 0 spiro atoms. The second-order valence-electron chi connectivity index (χ2n) is 4.91. The number of hydrogen-bond donors (Lipinski definition) is 2. The highest BCUT2D eigenvalue weighted by Crippen LogP contribution is 2.26. The molecule has 1 saturated carbocycles. The van der Waals surface area contributed by atoms with E-state index in [4.69, 9.17) is 0 Å². The van der Waals surface area contributed by atoms with E-state index in [0.29, 0.717) is 5.54 Å². The van der Waals surface area contributed by atoms with Gasteiger partial charge < -0.3 is 5.32 Å². The van der Waals surface area contributed by atoms with Crippen LogP contribution in [-0.2, 0) is 6.54 Å². The highest BCUT2D eigenvalue weighted by molar-refractivity contribution is 4.98. The average Bonchev–Trinajstić information content (AvgIpc) is 2.65. The van der Waals surface area contributed by atoms with E-state index in [1.54, 1.807) is 0 Å². The summed E-state index contributed by atoms with van der Waals surface area (Å²) in [6, 6.07) is 2.03. The molecule has 0 radical (unpaired) electrons. The van der Waals surface area contributed by atoms with E-state index in [0.717, 1.165) is 6.54 Å². The van der Waals surface area contributed by atoms with Crippen molar-refractivity contribution in [3.05, 3.63) is 18.0 Å². The minimum Gasteiger partial charge on any atom is -0.306 e. The van der Waals surface area contributed by atoms with Crippen LogP contribution in [0.4, 0.5) is 0 Å². The zero-order valence-corrected chi connectivity index (χ0v) is 9.55. The van der Waals surface area contributed by atoms with E-state index in [9.17, 15) is 0 Å². The molecule has 2 N–H and O–H groups in total. The van der Waals surface area contributed by atoms with Gasteiger partial charge in [0.15, 0.2) is 0 Å². The maximum absolute atomic E-state index is 3.96. The van der Waals surface area contributed by atoms with E-state index in [2.05, 4.69) is 22.4 Å². The minimum absolute atomic E-state index is 0.335. The van der Waals surface area contributed by atoms with Crippen LogP contribution in [-0.4, -0.2) is 15.7 Å². The fourth-order valence-corrected chi connectivity index (χ4v) is 2.38. The van der Waals surface area contributed by atoms with Crippen LogP contribution < -0.4 is 5.32 Å². The third-order valence-electron chi connectivity index (χ3n) is 3.47. The molecule has 2 rings (SSSR count). The monoisotopic (exact) mass is 207 g/mol. The van der Waals surface area contributed by atoms with Gasteiger partial charge in [0.25, 0.3) is 0 Å². The normalized spacial score (nSPS) is 21.1. The van der Waals surface area contributed by atoms with Gasteiger partial charge in [-0.3, -0.25) is 5.10 Å². The maximum atomic E-state index is 3.96. The molecule has 3 heteroatoms. The first-order valence-corrected chi connectivity index (χ1v) is 6.02. The zero-order valence-electron chi connectivity index (χ0n) is 9.55. The summed E-state index contributed by atoms with van der Waals surface area (Å²) in [5.74, 6) is 0. The first-order valence-electron chi connectivity index (χ1n) is 6.02. The highest BCUT2D eigenvalue weighted by Gasteiger charge is 2.24. The van der Waals surface area contributed by atoms with Crippen LogP contribution in [0.2, 0.25) is 0 Å². The molecule has 1 aliphatic carbocycles. The summed E-state index contributed by atoms with van der Waals surface area (Å²) < 4.78 is 0. The Kier molecular flexibility index (Phi) is 3.41. The molecule has 1 aromatic heterocycles. The van der Waals surface area contributed by atoms with Crippen molar-refractivity contribution in [3.8, 4) is 0 Å². The van der Waals surface area contributed by atoms with E-state index in [1.165, 1.54) is 44.2 Å². The third-order valence-corrected chi connectivity index (χ3v) is 3.47. The van der Waals surface area contributed by atoms with Crippen LogP contribution in [0, 0.1) is 0 Å². The molecule has 0 saturated heterocycles. The summed E-state index contributed by atoms with van der Waals surface area (Å²) in [5.41, 5.74) is 1.52. The molecule has 0 aliphatic heterocycles. The van der Waals surface area contributed by atoms with Crippen LogP contribution >= 0.6 is 0 Å². The van der Waals surface area contributed by atoms with E-state index in [-0.39, 0.29) is 0 Å². The summed E-state index contributed by atoms with van der Waals surface area (Å²) >= 11 is 0. The Morgan fingerprint density at radius 1 is 1.33 bits per heavy atom. The van der Waals surface area contributed by atoms with Gasteiger partial charge in [-0.1, -0.05) is 25.7 Å². The molecule has 1 heterocycles. The highest BCUT2D eigenvalue weighted by atomic mass is 15.1. The van der Waals surface area contributed by atoms with E-state index in [1.807, 2.05) is 12.3 Å². The summed E-state index contributed by atoms with van der Waals surface area (Å²) in [6.45, 7) is 3.27. The fourth-order valence-electron chi connectivity index (χ4n) is 2.38. The van der Waals surface area contributed by atoms with Crippen molar-refractivity contribution in [2.75, 3.05) is 0 Å². The lowest BCUT2D eigenvalue weighted by Crippen LogP contribution is -2.41. The van der Waals surface area contributed by atoms with Crippen LogP contribution in [0.1, 0.15) is 51.1 Å². The van der Waals surface area contributed by atoms with Gasteiger partial charge in [-0.05, 0) is 25.8 Å². The maximum Gasteiger partial charge on any atom is 0.0490 e. The van der Waals surface area contributed by atoms with Crippen molar-refractivity contribution in [1.82, 2.24) is 15.5 Å². The van der Waals surface area contributed by atoms with Crippen molar-refractivity contribution < 1.29 is 0 Å². The fraction of sp³-hybridized carbons (Fsp3) is 0.750. The van der Waals surface area contributed by atoms with Gasteiger partial charge in [0, 0.05) is 24.0 Å². The Hall–Kier alpha value is -0.830. The van der Waals surface area contributed by atoms with Gasteiger partial charge in [0.05, 0.1) is 0 Å². The first kappa shape index (κ1) is 10.7. The van der Waals surface area contributed by atoms with Crippen molar-refractivity contribution >= 4 is 0 Å². The van der Waals surface area contributed by atoms with Crippen LogP contribution in [0.3, 0.4) is 0 Å². The summed E-state index contributed by atoms with van der Waals surface area (Å²) in [4.78, 5) is 0. The predicted octanol–water partition coefficient (Wildman–Crippen LogP) is 2.61. The quantitative estimate of drug-likeness (QED) is 0.748. The number of hydrogen-bond acceptors (Lipinski definition) is 2. The molecule has 84 valence electrons. The smallest absolute Gasteiger partial charge is 0.0490 e. The molecule has 15 heavy (non-hydrogen) atoms. The second kappa shape index (κ2) is 4.79. The standard InChI is InChI=1S/C12H21N3/c1-12(7-4-2-3-5-8-12)13-10-11-6-9-14-15-11/h6,9,13H,2-5,7-8,10H2,1H3,(H,14,15). The Morgan fingerprint density at radius 2 is 2.07 bits per heavy atom. The Balaban J connectivity index is 1.86. The van der Waals surface area contributed by atoms with Gasteiger partial charge in [-0.2, -0.15) is 5.10 Å². The molecule has 1 aromatic rings. The Bertz CT molecular complexity index is 271. The first-order chi connectivity index (χ1) is 7.29. The molecule has 0 unspecified atom stereocenters. The molecular formula is C12H21N3. The lowest BCUT2D eigenvalue weighted by Gasteiger charge is -2.29. The molecule has 0 atom stereocenters. The summed E-state index contributed by atoms with van der Waals surface area (Å²) in [5, 5.41) is 10.6. The lowest BCUT2D eigenvalue weighted by molar-refractivity contribution is 0.309. The van der Waals surface area contributed by atoms with Crippen molar-refractivity contribution in [3.63, 3.8) is 0 Å². The van der Waals surface area contributed by atoms with Gasteiger partial charge in [-0.15, -0.1) is 0 Å². The van der Waals surface area contributed by atoms with Crippen molar-refractivity contribution in [2.24, 2.45) is 0 Å². The molecule has 1 aliphatic rings. The van der Waals surface area contributed by atoms with Crippen LogP contribution in [0.5, 0.6) is 0 Å². The lowest BCUT2D eigenvalue weighted by atomic mass is 9.92. The summed E-state index contributed by atoms with van der Waals surface area (Å²) in [7, 11) is 0. The number of aromatic amines is 1. The van der Waals surface area contributed by atoms with Crippen LogP contribution in [0.15, 0.2) is 12.3 Å². The van der Waals surface area contributed by atoms with Gasteiger partial charge in [0.2, 0.25) is 0 Å². The average molecular weight is 207 g/mol. The number of nitrogens with one attached hydrogen (secondary N) is 2. The number of nitrogens with zero attached hydrogens (tertiary/aromatic N) is 1. The number of H-pyrrole nitrogens is 1. The van der Waals surface area contributed by atoms with Crippen molar-refractivity contribution in [2.45, 2.75) is 57.5 Å². The van der Waals surface area contributed by atoms with Gasteiger partial charge in [0.1, 0.15) is 0 Å². The number of rotatable bonds is 3. The minimum atomic E-state index is 0.335. The SMILES string of the molecule is CC1(NCc2ccn[nH]2)CCCCCC1. The Labute approximate surface area is 91.7 Å². The summed E-state index contributed by atoms with van der Waals surface area (Å²) in [6.07, 6.45) is 9.97. The predicted molar refractivity (Wildman–Crippen MR) is 61.5 cm³/mol. The molecular weight excluding hydrogens is 186 g/mol. The van der Waals surface area contributed by atoms with E-state index >= 15 is 0 Å².